The van der Waals surface area contributed by atoms with Crippen molar-refractivity contribution in [2.75, 3.05) is 17.1 Å². The van der Waals surface area contributed by atoms with Crippen LogP contribution in [0.2, 0.25) is 5.02 Å². The van der Waals surface area contributed by atoms with Crippen LogP contribution in [0.3, 0.4) is 0 Å². The Hall–Kier alpha value is -2.88. The highest BCUT2D eigenvalue weighted by Gasteiger charge is 2.34. The average molecular weight is 647 g/mol. The van der Waals surface area contributed by atoms with Crippen LogP contribution in [0.25, 0.3) is 0 Å². The summed E-state index contributed by atoms with van der Waals surface area (Å²) in [5, 5.41) is 3.66. The number of anilines is 1. The maximum Gasteiger partial charge on any atom is 0.244 e. The molecule has 4 rings (SSSR count). The van der Waals surface area contributed by atoms with Crippen LogP contribution < -0.4 is 9.62 Å². The smallest absolute Gasteiger partial charge is 0.244 e. The van der Waals surface area contributed by atoms with Crippen LogP contribution in [0.4, 0.5) is 5.69 Å². The number of hydrogen-bond donors (Lipinski definition) is 1. The number of sulfonamides is 1. The molecule has 1 aliphatic rings. The summed E-state index contributed by atoms with van der Waals surface area (Å²) >= 11 is 9.67. The lowest BCUT2D eigenvalue weighted by Gasteiger charge is -2.34. The van der Waals surface area contributed by atoms with E-state index in [1.54, 1.807) is 42.5 Å². The normalized spacial score (nSPS) is 14.5. The zero-order chi connectivity index (χ0) is 28.7. The van der Waals surface area contributed by atoms with Gasteiger partial charge in [-0.25, -0.2) is 8.42 Å². The van der Waals surface area contributed by atoms with Gasteiger partial charge in [0.15, 0.2) is 0 Å². The van der Waals surface area contributed by atoms with Gasteiger partial charge in [0.05, 0.1) is 11.9 Å². The molecule has 0 unspecified atom stereocenters. The molecule has 1 aliphatic carbocycles. The topological polar surface area (TPSA) is 86.8 Å². The minimum Gasteiger partial charge on any atom is -0.352 e. The van der Waals surface area contributed by atoms with Crippen molar-refractivity contribution >= 4 is 55.1 Å². The van der Waals surface area contributed by atoms with Crippen molar-refractivity contribution in [1.82, 2.24) is 10.2 Å². The Balaban J connectivity index is 1.73. The Labute approximate surface area is 249 Å². The van der Waals surface area contributed by atoms with Crippen LogP contribution in [-0.4, -0.2) is 50.0 Å². The summed E-state index contributed by atoms with van der Waals surface area (Å²) in [5.41, 5.74) is 1.97. The molecule has 2 amide bonds. The van der Waals surface area contributed by atoms with E-state index >= 15 is 0 Å². The molecule has 3 aromatic rings. The number of nitrogens with zero attached hydrogens (tertiary/aromatic N) is 2. The number of benzene rings is 3. The minimum atomic E-state index is -3.84. The summed E-state index contributed by atoms with van der Waals surface area (Å²) in [6.45, 7) is -0.382. The third-order valence-corrected chi connectivity index (χ3v) is 9.05. The molecule has 0 aliphatic heterocycles. The van der Waals surface area contributed by atoms with E-state index in [0.717, 1.165) is 47.4 Å². The minimum absolute atomic E-state index is 0.0571. The van der Waals surface area contributed by atoms with Crippen LogP contribution in [0, 0.1) is 0 Å². The third-order valence-electron chi connectivity index (χ3n) is 7.01. The summed E-state index contributed by atoms with van der Waals surface area (Å²) in [6, 6.07) is 22.6. The van der Waals surface area contributed by atoms with Crippen molar-refractivity contribution in [1.29, 1.82) is 0 Å². The molecule has 1 fully saturated rings. The highest BCUT2D eigenvalue weighted by molar-refractivity contribution is 9.10. The SMILES string of the molecule is CS(=O)(=O)N(CC(=O)N(Cc1cccc(Cl)c1)[C@@H](Cc1ccccc1)C(=O)NC1CCCC1)c1ccccc1Br. The molecular formula is C30H33BrClN3O4S. The number of para-hydroxylation sites is 1. The van der Waals surface area contributed by atoms with Crippen molar-refractivity contribution in [3.63, 3.8) is 0 Å². The van der Waals surface area contributed by atoms with Crippen LogP contribution in [0.15, 0.2) is 83.3 Å². The van der Waals surface area contributed by atoms with Crippen molar-refractivity contribution in [2.24, 2.45) is 0 Å². The van der Waals surface area contributed by atoms with Gasteiger partial charge in [-0.05, 0) is 64.2 Å². The number of nitrogens with one attached hydrogen (secondary N) is 1. The molecule has 0 radical (unpaired) electrons. The number of carbonyl (C=O) groups is 2. The molecule has 0 bridgehead atoms. The van der Waals surface area contributed by atoms with E-state index in [1.807, 2.05) is 36.4 Å². The number of carbonyl (C=O) groups excluding carboxylic acids is 2. The molecule has 1 N–H and O–H groups in total. The molecule has 10 heteroatoms. The van der Waals surface area contributed by atoms with E-state index in [9.17, 15) is 18.0 Å². The van der Waals surface area contributed by atoms with Crippen LogP contribution >= 0.6 is 27.5 Å². The van der Waals surface area contributed by atoms with E-state index in [4.69, 9.17) is 11.6 Å². The van der Waals surface area contributed by atoms with Crippen molar-refractivity contribution in [3.05, 3.63) is 99.5 Å². The summed E-state index contributed by atoms with van der Waals surface area (Å²) in [4.78, 5) is 29.5. The van der Waals surface area contributed by atoms with Gasteiger partial charge in [-0.2, -0.15) is 0 Å². The van der Waals surface area contributed by atoms with Crippen molar-refractivity contribution in [3.8, 4) is 0 Å². The Bertz CT molecular complexity index is 1430. The first-order valence-electron chi connectivity index (χ1n) is 13.2. The molecule has 0 spiro atoms. The highest BCUT2D eigenvalue weighted by Crippen LogP contribution is 2.28. The fourth-order valence-electron chi connectivity index (χ4n) is 5.00. The van der Waals surface area contributed by atoms with E-state index in [0.29, 0.717) is 15.2 Å². The number of rotatable bonds is 11. The maximum atomic E-state index is 14.1. The van der Waals surface area contributed by atoms with Crippen molar-refractivity contribution in [2.45, 2.75) is 50.7 Å². The van der Waals surface area contributed by atoms with Gasteiger partial charge < -0.3 is 10.2 Å². The molecule has 1 atom stereocenters. The molecule has 212 valence electrons. The lowest BCUT2D eigenvalue weighted by molar-refractivity contribution is -0.140. The fraction of sp³-hybridized carbons (Fsp3) is 0.333. The van der Waals surface area contributed by atoms with Gasteiger partial charge in [0.25, 0.3) is 0 Å². The van der Waals surface area contributed by atoms with E-state index in [2.05, 4.69) is 21.2 Å². The Morgan fingerprint density at radius 3 is 2.27 bits per heavy atom. The van der Waals surface area contributed by atoms with Gasteiger partial charge in [-0.15, -0.1) is 0 Å². The second-order valence-electron chi connectivity index (χ2n) is 10.1. The molecule has 40 heavy (non-hydrogen) atoms. The first-order valence-corrected chi connectivity index (χ1v) is 16.2. The van der Waals surface area contributed by atoms with Crippen LogP contribution in [0.1, 0.15) is 36.8 Å². The summed E-state index contributed by atoms with van der Waals surface area (Å²) < 4.78 is 27.4. The van der Waals surface area contributed by atoms with E-state index < -0.39 is 28.5 Å². The zero-order valence-electron chi connectivity index (χ0n) is 22.3. The largest absolute Gasteiger partial charge is 0.352 e. The van der Waals surface area contributed by atoms with E-state index in [1.165, 1.54) is 4.90 Å². The Kier molecular flexibility index (Phi) is 10.3. The van der Waals surface area contributed by atoms with Gasteiger partial charge in [-0.1, -0.05) is 79.0 Å². The molecule has 0 saturated heterocycles. The van der Waals surface area contributed by atoms with Gasteiger partial charge in [0.1, 0.15) is 12.6 Å². The Morgan fingerprint density at radius 2 is 1.62 bits per heavy atom. The standard InChI is InChI=1S/C30H33BrClN3O4S/c1-40(38,39)35(27-17-8-7-16-26(27)31)21-29(36)34(20-23-12-9-13-24(32)18-23)28(19-22-10-3-2-4-11-22)30(37)33-25-14-5-6-15-25/h2-4,7-13,16-18,25,28H,5-6,14-15,19-21H2,1H3,(H,33,37)/t28-/m0/s1. The molecule has 1 saturated carbocycles. The molecule has 3 aromatic carbocycles. The lowest BCUT2D eigenvalue weighted by Crippen LogP contribution is -2.54. The number of amides is 2. The molecule has 0 aromatic heterocycles. The Morgan fingerprint density at radius 1 is 0.975 bits per heavy atom. The molecular weight excluding hydrogens is 614 g/mol. The summed E-state index contributed by atoms with van der Waals surface area (Å²) in [5.74, 6) is -0.749. The fourth-order valence-corrected chi connectivity index (χ4v) is 6.69. The van der Waals surface area contributed by atoms with E-state index in [-0.39, 0.29) is 24.9 Å². The predicted molar refractivity (Wildman–Crippen MR) is 163 cm³/mol. The van der Waals surface area contributed by atoms with Gasteiger partial charge in [0.2, 0.25) is 21.8 Å². The summed E-state index contributed by atoms with van der Waals surface area (Å²) in [6.07, 6.45) is 5.24. The van der Waals surface area contributed by atoms with Crippen LogP contribution in [-0.2, 0) is 32.6 Å². The van der Waals surface area contributed by atoms with Gasteiger partial charge in [0, 0.05) is 28.5 Å². The second-order valence-corrected chi connectivity index (χ2v) is 13.3. The number of halogens is 2. The van der Waals surface area contributed by atoms with Crippen LogP contribution in [0.5, 0.6) is 0 Å². The molecule has 0 heterocycles. The summed E-state index contributed by atoms with van der Waals surface area (Å²) in [7, 11) is -3.84. The van der Waals surface area contributed by atoms with Crippen molar-refractivity contribution < 1.29 is 18.0 Å². The average Bonchev–Trinajstić information content (AvgIpc) is 3.43. The second kappa shape index (κ2) is 13.7. The monoisotopic (exact) mass is 645 g/mol. The van der Waals surface area contributed by atoms with Gasteiger partial charge >= 0.3 is 0 Å². The predicted octanol–water partition coefficient (Wildman–Crippen LogP) is 5.57. The number of hydrogen-bond acceptors (Lipinski definition) is 4. The molecule has 7 nitrogen and oxygen atoms in total. The highest BCUT2D eigenvalue weighted by atomic mass is 79.9. The first kappa shape index (κ1) is 30.1. The third kappa shape index (κ3) is 8.08. The van der Waals surface area contributed by atoms with Gasteiger partial charge in [-0.3, -0.25) is 13.9 Å². The zero-order valence-corrected chi connectivity index (χ0v) is 25.5. The first-order chi connectivity index (χ1) is 19.1. The quantitative estimate of drug-likeness (QED) is 0.295. The lowest BCUT2D eigenvalue weighted by atomic mass is 10.0. The maximum absolute atomic E-state index is 14.1.